The first-order valence-electron chi connectivity index (χ1n) is 4.63. The molecule has 0 aliphatic rings. The quantitative estimate of drug-likeness (QED) is 0.719. The Kier molecular flexibility index (Phi) is 2.49. The smallest absolute Gasteiger partial charge is 0.160 e. The summed E-state index contributed by atoms with van der Waals surface area (Å²) in [6.45, 7) is 2.08. The summed E-state index contributed by atoms with van der Waals surface area (Å²) < 4.78 is 0. The van der Waals surface area contributed by atoms with Gasteiger partial charge in [0.1, 0.15) is 0 Å². The van der Waals surface area contributed by atoms with Crippen molar-refractivity contribution in [2.24, 2.45) is 0 Å². The van der Waals surface area contributed by atoms with E-state index in [4.69, 9.17) is 0 Å². The average Bonchev–Trinajstić information content (AvgIpc) is 2.30. The Morgan fingerprint density at radius 2 is 1.71 bits per heavy atom. The van der Waals surface area contributed by atoms with Crippen molar-refractivity contribution in [1.82, 2.24) is 15.0 Å². The molecule has 0 aliphatic carbocycles. The highest BCUT2D eigenvalue weighted by Gasteiger charge is 2.05. The highest BCUT2D eigenvalue weighted by Crippen LogP contribution is 2.17. The fourth-order valence-corrected chi connectivity index (χ4v) is 1.36. The van der Waals surface area contributed by atoms with E-state index in [1.807, 2.05) is 18.2 Å². The molecule has 0 amide bonds. The Bertz CT molecular complexity index is 412. The Balaban J connectivity index is 2.51. The minimum absolute atomic E-state index is 0.748. The minimum Gasteiger partial charge on any atom is -0.261 e. The largest absolute Gasteiger partial charge is 0.261 e. The minimum atomic E-state index is 0.748. The normalized spacial score (nSPS) is 10.1. The molecule has 0 N–H and O–H groups in total. The fraction of sp³-hybridized carbons (Fsp3) is 0.182. The van der Waals surface area contributed by atoms with E-state index >= 15 is 0 Å². The van der Waals surface area contributed by atoms with E-state index in [0.29, 0.717) is 0 Å². The molecule has 14 heavy (non-hydrogen) atoms. The van der Waals surface area contributed by atoms with Crippen LogP contribution in [0, 0.1) is 0 Å². The summed E-state index contributed by atoms with van der Waals surface area (Å²) in [4.78, 5) is 12.7. The maximum atomic E-state index is 4.29. The first kappa shape index (κ1) is 8.81. The van der Waals surface area contributed by atoms with E-state index in [1.54, 1.807) is 18.6 Å². The van der Waals surface area contributed by atoms with Crippen molar-refractivity contribution in [1.29, 1.82) is 0 Å². The highest BCUT2D eigenvalue weighted by molar-refractivity contribution is 5.57. The van der Waals surface area contributed by atoms with Gasteiger partial charge >= 0.3 is 0 Å². The molecule has 3 heteroatoms. The lowest BCUT2D eigenvalue weighted by molar-refractivity contribution is 1.02. The fourth-order valence-electron chi connectivity index (χ4n) is 1.36. The van der Waals surface area contributed by atoms with Crippen LogP contribution >= 0.6 is 0 Å². The highest BCUT2D eigenvalue weighted by atomic mass is 14.9. The van der Waals surface area contributed by atoms with E-state index in [0.717, 1.165) is 23.5 Å². The van der Waals surface area contributed by atoms with Crippen LogP contribution in [-0.4, -0.2) is 15.0 Å². The summed E-state index contributed by atoms with van der Waals surface area (Å²) in [5.41, 5.74) is 2.06. The van der Waals surface area contributed by atoms with Crippen LogP contribution in [0.3, 0.4) is 0 Å². The SMILES string of the molecule is CCc1ncccc1-c1ncccn1. The summed E-state index contributed by atoms with van der Waals surface area (Å²) >= 11 is 0. The molecular formula is C11H11N3. The second-order valence-electron chi connectivity index (χ2n) is 2.92. The van der Waals surface area contributed by atoms with Gasteiger partial charge in [0.25, 0.3) is 0 Å². The number of nitrogens with zero attached hydrogens (tertiary/aromatic N) is 3. The standard InChI is InChI=1S/C11H11N3/c1-2-10-9(5-3-6-12-10)11-13-7-4-8-14-11/h3-8H,2H2,1H3. The molecule has 2 aromatic heterocycles. The van der Waals surface area contributed by atoms with Crippen molar-refractivity contribution in [3.63, 3.8) is 0 Å². The Hall–Kier alpha value is -1.77. The van der Waals surface area contributed by atoms with Gasteiger partial charge in [-0.3, -0.25) is 4.98 Å². The molecule has 0 atom stereocenters. The van der Waals surface area contributed by atoms with Gasteiger partial charge in [-0.05, 0) is 24.6 Å². The van der Waals surface area contributed by atoms with Crippen LogP contribution in [0.4, 0.5) is 0 Å². The molecule has 0 radical (unpaired) electrons. The molecule has 3 nitrogen and oxygen atoms in total. The first-order valence-corrected chi connectivity index (χ1v) is 4.63. The van der Waals surface area contributed by atoms with E-state index in [2.05, 4.69) is 21.9 Å². The van der Waals surface area contributed by atoms with E-state index in [-0.39, 0.29) is 0 Å². The molecule has 0 saturated heterocycles. The molecule has 2 aromatic rings. The summed E-state index contributed by atoms with van der Waals surface area (Å²) in [5.74, 6) is 0.748. The average molecular weight is 185 g/mol. The molecule has 0 aromatic carbocycles. The molecule has 0 fully saturated rings. The second kappa shape index (κ2) is 3.96. The number of pyridine rings is 1. The van der Waals surface area contributed by atoms with Gasteiger partial charge in [0.05, 0.1) is 5.69 Å². The van der Waals surface area contributed by atoms with E-state index < -0.39 is 0 Å². The van der Waals surface area contributed by atoms with E-state index in [1.165, 1.54) is 0 Å². The third kappa shape index (κ3) is 1.62. The van der Waals surface area contributed by atoms with Crippen molar-refractivity contribution in [2.75, 3.05) is 0 Å². The molecule has 0 bridgehead atoms. The van der Waals surface area contributed by atoms with Gasteiger partial charge in [-0.2, -0.15) is 0 Å². The van der Waals surface area contributed by atoms with Crippen LogP contribution in [-0.2, 0) is 6.42 Å². The predicted octanol–water partition coefficient (Wildman–Crippen LogP) is 2.10. The van der Waals surface area contributed by atoms with Crippen molar-refractivity contribution >= 4 is 0 Å². The van der Waals surface area contributed by atoms with Gasteiger partial charge in [0.15, 0.2) is 5.82 Å². The number of aromatic nitrogens is 3. The molecule has 0 saturated carbocycles. The molecule has 0 aliphatic heterocycles. The lowest BCUT2D eigenvalue weighted by atomic mass is 10.1. The van der Waals surface area contributed by atoms with Crippen LogP contribution in [0.1, 0.15) is 12.6 Å². The zero-order valence-corrected chi connectivity index (χ0v) is 8.01. The van der Waals surface area contributed by atoms with Crippen LogP contribution in [0.25, 0.3) is 11.4 Å². The number of aryl methyl sites for hydroxylation is 1. The number of rotatable bonds is 2. The maximum Gasteiger partial charge on any atom is 0.160 e. The molecule has 0 spiro atoms. The Morgan fingerprint density at radius 1 is 1.00 bits per heavy atom. The van der Waals surface area contributed by atoms with Gasteiger partial charge < -0.3 is 0 Å². The van der Waals surface area contributed by atoms with Crippen LogP contribution < -0.4 is 0 Å². The number of hydrogen-bond acceptors (Lipinski definition) is 3. The molecule has 70 valence electrons. The number of hydrogen-bond donors (Lipinski definition) is 0. The zero-order valence-electron chi connectivity index (χ0n) is 8.01. The van der Waals surface area contributed by atoms with Crippen LogP contribution in [0.15, 0.2) is 36.8 Å². The lowest BCUT2D eigenvalue weighted by Gasteiger charge is -2.03. The Morgan fingerprint density at radius 3 is 2.43 bits per heavy atom. The molecule has 2 rings (SSSR count). The summed E-state index contributed by atoms with van der Waals surface area (Å²) in [6, 6.07) is 5.72. The summed E-state index contributed by atoms with van der Waals surface area (Å²) in [5, 5.41) is 0. The van der Waals surface area contributed by atoms with Crippen molar-refractivity contribution in [3.05, 3.63) is 42.5 Å². The van der Waals surface area contributed by atoms with Crippen LogP contribution in [0.5, 0.6) is 0 Å². The van der Waals surface area contributed by atoms with Gasteiger partial charge in [0.2, 0.25) is 0 Å². The van der Waals surface area contributed by atoms with Crippen molar-refractivity contribution in [3.8, 4) is 11.4 Å². The second-order valence-corrected chi connectivity index (χ2v) is 2.92. The first-order chi connectivity index (χ1) is 6.92. The van der Waals surface area contributed by atoms with Crippen molar-refractivity contribution < 1.29 is 0 Å². The summed E-state index contributed by atoms with van der Waals surface area (Å²) in [6.07, 6.45) is 6.18. The van der Waals surface area contributed by atoms with Gasteiger partial charge in [-0.25, -0.2) is 9.97 Å². The van der Waals surface area contributed by atoms with Gasteiger partial charge in [-0.15, -0.1) is 0 Å². The molecular weight excluding hydrogens is 174 g/mol. The maximum absolute atomic E-state index is 4.29. The van der Waals surface area contributed by atoms with Crippen LogP contribution in [0.2, 0.25) is 0 Å². The Labute approximate surface area is 82.9 Å². The summed E-state index contributed by atoms with van der Waals surface area (Å²) in [7, 11) is 0. The molecule has 2 heterocycles. The third-order valence-corrected chi connectivity index (χ3v) is 2.03. The van der Waals surface area contributed by atoms with Crippen molar-refractivity contribution in [2.45, 2.75) is 13.3 Å². The third-order valence-electron chi connectivity index (χ3n) is 2.03. The van der Waals surface area contributed by atoms with Gasteiger partial charge in [0, 0.05) is 24.2 Å². The monoisotopic (exact) mass is 185 g/mol. The van der Waals surface area contributed by atoms with Gasteiger partial charge in [-0.1, -0.05) is 6.92 Å². The topological polar surface area (TPSA) is 38.7 Å². The zero-order chi connectivity index (χ0) is 9.80. The van der Waals surface area contributed by atoms with E-state index in [9.17, 15) is 0 Å². The molecule has 0 unspecified atom stereocenters. The lowest BCUT2D eigenvalue weighted by Crippen LogP contribution is -1.94. The predicted molar refractivity (Wildman–Crippen MR) is 54.6 cm³/mol.